The second-order valence-electron chi connectivity index (χ2n) is 12.6. The van der Waals surface area contributed by atoms with E-state index in [1.165, 1.54) is 0 Å². The van der Waals surface area contributed by atoms with E-state index in [0.717, 1.165) is 40.0 Å². The standard InChI is InChI=1S/C22H22N4O2.C18H14N4O2/c1-23-12-13-4-6-14(7-5-13)19-17-18(22(28)24-19)20(25-21(17)27)15-8-10-16(11-9-15)26(2)3;19-11-5-1-9(2-6-11)15-13-14(18(24)21-15)16(22-17(13)23)10-3-7-12(20)8-4-10/h4-11,23,25,27H,12H2,1-3H3;1-8,21,24H,19-20H2. The maximum absolute atomic E-state index is 12.7. The molecule has 9 N–H and O–H groups in total. The zero-order valence-corrected chi connectivity index (χ0v) is 28.7. The number of H-pyrrole nitrogens is 2. The van der Waals surface area contributed by atoms with Crippen LogP contribution in [0.5, 0.6) is 11.8 Å². The fourth-order valence-electron chi connectivity index (χ4n) is 6.34. The Morgan fingerprint density at radius 2 is 0.981 bits per heavy atom. The number of aromatic nitrogens is 2. The SMILES string of the molecule is CNCc1ccc(C2=NC(=O)c3c(-c4ccc(N(C)C)cc4)[nH]c(O)c32)cc1.Nc1ccc(C2=NC(=O)c3c(-c4ccc(N)cc4)[nH]c(O)c32)cc1. The number of anilines is 3. The first-order valence-corrected chi connectivity index (χ1v) is 16.4. The number of nitrogens with two attached hydrogens (primary N) is 2. The summed E-state index contributed by atoms with van der Waals surface area (Å²) in [6.45, 7) is 0.763. The number of hydrogen-bond donors (Lipinski definition) is 7. The smallest absolute Gasteiger partial charge is 0.280 e. The van der Waals surface area contributed by atoms with Gasteiger partial charge in [0.1, 0.15) is 0 Å². The minimum atomic E-state index is -0.389. The van der Waals surface area contributed by atoms with Crippen molar-refractivity contribution in [3.05, 3.63) is 136 Å². The number of fused-ring (bicyclic) bond motifs is 2. The fraction of sp³-hybridized carbons (Fsp3) is 0.100. The molecule has 0 saturated carbocycles. The Morgan fingerprint density at radius 1 is 0.596 bits per heavy atom. The van der Waals surface area contributed by atoms with Crippen molar-refractivity contribution in [1.29, 1.82) is 0 Å². The van der Waals surface area contributed by atoms with Crippen LogP contribution >= 0.6 is 0 Å². The molecule has 2 aliphatic heterocycles. The predicted octanol–water partition coefficient (Wildman–Crippen LogP) is 5.71. The summed E-state index contributed by atoms with van der Waals surface area (Å²) < 4.78 is 0. The van der Waals surface area contributed by atoms with E-state index in [-0.39, 0.29) is 23.6 Å². The number of aromatic hydroxyl groups is 2. The number of benzene rings is 4. The highest BCUT2D eigenvalue weighted by Crippen LogP contribution is 2.39. The van der Waals surface area contributed by atoms with Gasteiger partial charge in [-0.1, -0.05) is 60.7 Å². The summed E-state index contributed by atoms with van der Waals surface area (Å²) in [5.41, 5.74) is 21.7. The number of aliphatic imine (C=N–C) groups is 2. The van der Waals surface area contributed by atoms with Crippen LogP contribution in [0.4, 0.5) is 17.1 Å². The number of carbonyl (C=O) groups excluding carboxylic acids is 2. The summed E-state index contributed by atoms with van der Waals surface area (Å²) in [5.74, 6) is -0.850. The van der Waals surface area contributed by atoms with E-state index in [9.17, 15) is 19.8 Å². The van der Waals surface area contributed by atoms with Crippen molar-refractivity contribution < 1.29 is 19.8 Å². The average molecular weight is 693 g/mol. The number of amides is 2. The first kappa shape index (κ1) is 33.6. The Balaban J connectivity index is 0.000000164. The maximum atomic E-state index is 12.7. The van der Waals surface area contributed by atoms with Gasteiger partial charge in [-0.25, -0.2) is 9.98 Å². The first-order valence-electron chi connectivity index (χ1n) is 16.4. The molecule has 0 fully saturated rings. The van der Waals surface area contributed by atoms with Crippen molar-refractivity contribution in [3.8, 4) is 34.3 Å². The van der Waals surface area contributed by atoms with Crippen molar-refractivity contribution in [2.24, 2.45) is 9.98 Å². The van der Waals surface area contributed by atoms with Crippen LogP contribution in [-0.2, 0) is 6.54 Å². The maximum Gasteiger partial charge on any atom is 0.280 e. The van der Waals surface area contributed by atoms with Crippen LogP contribution in [-0.4, -0.2) is 64.6 Å². The predicted molar refractivity (Wildman–Crippen MR) is 205 cm³/mol. The minimum absolute atomic E-state index is 0.0365. The summed E-state index contributed by atoms with van der Waals surface area (Å²) in [5, 5.41) is 24.0. The highest BCUT2D eigenvalue weighted by atomic mass is 16.3. The summed E-state index contributed by atoms with van der Waals surface area (Å²) in [7, 11) is 5.84. The van der Waals surface area contributed by atoms with E-state index in [0.29, 0.717) is 56.4 Å². The van der Waals surface area contributed by atoms with Crippen molar-refractivity contribution in [1.82, 2.24) is 15.3 Å². The second kappa shape index (κ2) is 13.4. The highest BCUT2D eigenvalue weighted by Gasteiger charge is 2.34. The molecule has 52 heavy (non-hydrogen) atoms. The molecule has 0 radical (unpaired) electrons. The summed E-state index contributed by atoms with van der Waals surface area (Å²) in [4.78, 5) is 41.3. The van der Waals surface area contributed by atoms with Crippen molar-refractivity contribution in [2.45, 2.75) is 6.54 Å². The molecule has 12 nitrogen and oxygen atoms in total. The number of nitrogen functional groups attached to an aromatic ring is 2. The lowest BCUT2D eigenvalue weighted by molar-refractivity contribution is 0.0998. The Hall–Kier alpha value is -6.92. The largest absolute Gasteiger partial charge is 0.494 e. The molecular formula is C40H36N8O4. The van der Waals surface area contributed by atoms with Crippen LogP contribution in [0, 0.1) is 0 Å². The summed E-state index contributed by atoms with van der Waals surface area (Å²) in [6, 6.07) is 29.7. The van der Waals surface area contributed by atoms with Gasteiger partial charge in [0, 0.05) is 48.8 Å². The normalized spacial score (nSPS) is 12.9. The molecule has 8 rings (SSSR count). The van der Waals surface area contributed by atoms with Crippen molar-refractivity contribution in [2.75, 3.05) is 37.5 Å². The highest BCUT2D eigenvalue weighted by molar-refractivity contribution is 6.31. The summed E-state index contributed by atoms with van der Waals surface area (Å²) >= 11 is 0. The monoisotopic (exact) mass is 692 g/mol. The number of rotatable bonds is 7. The molecule has 4 aromatic carbocycles. The van der Waals surface area contributed by atoms with E-state index < -0.39 is 0 Å². The zero-order chi connectivity index (χ0) is 36.7. The molecular weight excluding hydrogens is 656 g/mol. The minimum Gasteiger partial charge on any atom is -0.494 e. The van der Waals surface area contributed by atoms with E-state index in [2.05, 4.69) is 25.3 Å². The number of nitrogens with zero attached hydrogens (tertiary/aromatic N) is 3. The van der Waals surface area contributed by atoms with Gasteiger partial charge in [0.2, 0.25) is 0 Å². The van der Waals surface area contributed by atoms with Crippen LogP contribution in [0.3, 0.4) is 0 Å². The van der Waals surface area contributed by atoms with Crippen LogP contribution < -0.4 is 21.7 Å². The Kier molecular flexibility index (Phi) is 8.66. The lowest BCUT2D eigenvalue weighted by atomic mass is 9.99. The number of nitrogens with one attached hydrogen (secondary N) is 3. The van der Waals surface area contributed by atoms with Gasteiger partial charge in [-0.15, -0.1) is 0 Å². The lowest BCUT2D eigenvalue weighted by Crippen LogP contribution is -2.08. The van der Waals surface area contributed by atoms with E-state index >= 15 is 0 Å². The first-order chi connectivity index (χ1) is 25.0. The van der Waals surface area contributed by atoms with Crippen LogP contribution in [0.1, 0.15) is 48.5 Å². The van der Waals surface area contributed by atoms with Gasteiger partial charge < -0.3 is 41.9 Å². The molecule has 0 spiro atoms. The van der Waals surface area contributed by atoms with Crippen molar-refractivity contribution in [3.63, 3.8) is 0 Å². The molecule has 0 atom stereocenters. The quantitative estimate of drug-likeness (QED) is 0.103. The Morgan fingerprint density at radius 3 is 1.38 bits per heavy atom. The van der Waals surface area contributed by atoms with E-state index in [1.54, 1.807) is 48.5 Å². The van der Waals surface area contributed by atoms with Gasteiger partial charge >= 0.3 is 0 Å². The number of hydrogen-bond acceptors (Lipinski definition) is 8. The van der Waals surface area contributed by atoms with Crippen LogP contribution in [0.25, 0.3) is 22.5 Å². The van der Waals surface area contributed by atoms with Crippen molar-refractivity contribution >= 4 is 40.3 Å². The van der Waals surface area contributed by atoms with Gasteiger partial charge in [-0.05, 0) is 60.1 Å². The molecule has 0 unspecified atom stereocenters. The number of carbonyl (C=O) groups is 2. The molecule has 0 saturated heterocycles. The topological polar surface area (TPSA) is 198 Å². The Labute approximate surface area is 299 Å². The average Bonchev–Trinajstić information content (AvgIpc) is 3.88. The zero-order valence-electron chi connectivity index (χ0n) is 28.7. The molecule has 6 aromatic rings. The molecule has 2 amide bonds. The van der Waals surface area contributed by atoms with E-state index in [1.807, 2.05) is 74.6 Å². The van der Waals surface area contributed by atoms with Gasteiger partial charge in [-0.2, -0.15) is 0 Å². The van der Waals surface area contributed by atoms with Crippen LogP contribution in [0.2, 0.25) is 0 Å². The van der Waals surface area contributed by atoms with Crippen LogP contribution in [0.15, 0.2) is 107 Å². The van der Waals surface area contributed by atoms with Gasteiger partial charge in [0.15, 0.2) is 11.8 Å². The molecule has 0 bridgehead atoms. The van der Waals surface area contributed by atoms with Gasteiger partial charge in [0.05, 0.1) is 45.1 Å². The molecule has 0 aliphatic carbocycles. The summed E-state index contributed by atoms with van der Waals surface area (Å²) in [6.07, 6.45) is 0. The third kappa shape index (κ3) is 6.07. The lowest BCUT2D eigenvalue weighted by Gasteiger charge is -2.12. The fourth-order valence-corrected chi connectivity index (χ4v) is 6.34. The molecule has 2 aliphatic rings. The van der Waals surface area contributed by atoms with Gasteiger partial charge in [-0.3, -0.25) is 9.59 Å². The van der Waals surface area contributed by atoms with E-state index in [4.69, 9.17) is 11.5 Å². The molecule has 2 aromatic heterocycles. The molecule has 260 valence electrons. The third-order valence-corrected chi connectivity index (χ3v) is 8.95. The molecule has 4 heterocycles. The van der Waals surface area contributed by atoms with Gasteiger partial charge in [0.25, 0.3) is 11.8 Å². The Bertz CT molecular complexity index is 2380. The third-order valence-electron chi connectivity index (χ3n) is 8.95. The number of aromatic amines is 2. The second-order valence-corrected chi connectivity index (χ2v) is 12.6. The molecule has 12 heteroatoms.